The minimum Gasteiger partial charge on any atom is -0.376 e. The van der Waals surface area contributed by atoms with Crippen molar-refractivity contribution in [3.63, 3.8) is 0 Å². The molecule has 0 saturated carbocycles. The van der Waals surface area contributed by atoms with E-state index in [1.54, 1.807) is 4.90 Å². The van der Waals surface area contributed by atoms with Gasteiger partial charge in [0.15, 0.2) is 0 Å². The van der Waals surface area contributed by atoms with E-state index in [9.17, 15) is 9.59 Å². The maximum atomic E-state index is 13.3. The van der Waals surface area contributed by atoms with Crippen molar-refractivity contribution in [2.75, 3.05) is 26.2 Å². The molecule has 0 spiro atoms. The van der Waals surface area contributed by atoms with Gasteiger partial charge in [-0.05, 0) is 36.5 Å². The largest absolute Gasteiger partial charge is 0.376 e. The molecule has 2 amide bonds. The van der Waals surface area contributed by atoms with E-state index in [1.165, 1.54) is 5.56 Å². The predicted molar refractivity (Wildman–Crippen MR) is 124 cm³/mol. The van der Waals surface area contributed by atoms with Gasteiger partial charge in [-0.3, -0.25) is 14.5 Å². The molecule has 1 N–H and O–H groups in total. The lowest BCUT2D eigenvalue weighted by molar-refractivity contribution is -0.142. The lowest BCUT2D eigenvalue weighted by Crippen LogP contribution is -2.45. The van der Waals surface area contributed by atoms with E-state index < -0.39 is 6.04 Å². The van der Waals surface area contributed by atoms with Crippen molar-refractivity contribution in [1.29, 1.82) is 0 Å². The van der Waals surface area contributed by atoms with Gasteiger partial charge in [0.05, 0.1) is 12.7 Å². The van der Waals surface area contributed by atoms with Crippen LogP contribution in [0.4, 0.5) is 0 Å². The number of ether oxygens (including phenoxy) is 1. The van der Waals surface area contributed by atoms with Gasteiger partial charge in [-0.25, -0.2) is 0 Å². The second-order valence-electron chi connectivity index (χ2n) is 8.81. The fourth-order valence-corrected chi connectivity index (χ4v) is 4.62. The average molecular weight is 436 g/mol. The van der Waals surface area contributed by atoms with Gasteiger partial charge in [-0.1, -0.05) is 54.6 Å². The Balaban J connectivity index is 1.42. The van der Waals surface area contributed by atoms with Crippen LogP contribution in [-0.4, -0.2) is 54.0 Å². The van der Waals surface area contributed by atoms with E-state index in [0.717, 1.165) is 50.2 Å². The first-order chi connectivity index (χ1) is 15.6. The fourth-order valence-electron chi connectivity index (χ4n) is 4.62. The highest BCUT2D eigenvalue weighted by molar-refractivity contribution is 5.89. The molecule has 2 fully saturated rings. The van der Waals surface area contributed by atoms with Crippen LogP contribution in [0.5, 0.6) is 0 Å². The van der Waals surface area contributed by atoms with Crippen molar-refractivity contribution < 1.29 is 14.3 Å². The third-order valence-electron chi connectivity index (χ3n) is 6.22. The molecule has 2 saturated heterocycles. The molecule has 2 atom stereocenters. The van der Waals surface area contributed by atoms with E-state index in [4.69, 9.17) is 4.74 Å². The molecule has 0 bridgehead atoms. The van der Waals surface area contributed by atoms with E-state index in [-0.39, 0.29) is 17.9 Å². The van der Waals surface area contributed by atoms with E-state index >= 15 is 0 Å². The Bertz CT molecular complexity index is 918. The molecule has 4 rings (SSSR count). The number of carbonyl (C=O) groups is 2. The van der Waals surface area contributed by atoms with Crippen LogP contribution >= 0.6 is 0 Å². The number of hydrogen-bond acceptors (Lipinski definition) is 4. The lowest BCUT2D eigenvalue weighted by atomic mass is 10.0. The summed E-state index contributed by atoms with van der Waals surface area (Å²) >= 11 is 0. The zero-order valence-corrected chi connectivity index (χ0v) is 18.8. The summed E-state index contributed by atoms with van der Waals surface area (Å²) in [6.07, 6.45) is 2.61. The molecular formula is C26H33N3O3. The van der Waals surface area contributed by atoms with E-state index in [2.05, 4.69) is 29.3 Å². The van der Waals surface area contributed by atoms with Crippen LogP contribution in [0.3, 0.4) is 0 Å². The SMILES string of the molecule is CC1CN(Cc2cccc(CNC(=O)C(c3ccccc3)N3CCCCC3=O)c2)CCO1. The maximum Gasteiger partial charge on any atom is 0.247 e. The van der Waals surface area contributed by atoms with Gasteiger partial charge >= 0.3 is 0 Å². The summed E-state index contributed by atoms with van der Waals surface area (Å²) < 4.78 is 5.63. The summed E-state index contributed by atoms with van der Waals surface area (Å²) in [5.74, 6) is -0.0687. The van der Waals surface area contributed by atoms with Gasteiger partial charge in [0.25, 0.3) is 0 Å². The zero-order valence-electron chi connectivity index (χ0n) is 18.8. The molecule has 0 radical (unpaired) electrons. The Hall–Kier alpha value is -2.70. The van der Waals surface area contributed by atoms with Crippen LogP contribution in [0.25, 0.3) is 0 Å². The van der Waals surface area contributed by atoms with Crippen molar-refractivity contribution in [1.82, 2.24) is 15.1 Å². The summed E-state index contributed by atoms with van der Waals surface area (Å²) in [5.41, 5.74) is 3.15. The number of likely N-dealkylation sites (tertiary alicyclic amines) is 1. The maximum absolute atomic E-state index is 13.3. The van der Waals surface area contributed by atoms with Crippen molar-refractivity contribution in [2.45, 2.75) is 51.4 Å². The summed E-state index contributed by atoms with van der Waals surface area (Å²) in [7, 11) is 0. The Labute approximate surface area is 190 Å². The number of rotatable bonds is 7. The van der Waals surface area contributed by atoms with Crippen LogP contribution in [0, 0.1) is 0 Å². The Kier molecular flexibility index (Phi) is 7.55. The first-order valence-corrected chi connectivity index (χ1v) is 11.6. The molecule has 170 valence electrons. The Morgan fingerprint density at radius 3 is 2.69 bits per heavy atom. The average Bonchev–Trinajstić information content (AvgIpc) is 2.80. The highest BCUT2D eigenvalue weighted by Crippen LogP contribution is 2.26. The number of carbonyl (C=O) groups excluding carboxylic acids is 2. The third kappa shape index (κ3) is 5.75. The van der Waals surface area contributed by atoms with E-state index in [0.29, 0.717) is 19.5 Å². The quantitative estimate of drug-likeness (QED) is 0.725. The minimum absolute atomic E-state index is 0.0574. The summed E-state index contributed by atoms with van der Waals surface area (Å²) in [6, 6.07) is 17.4. The summed E-state index contributed by atoms with van der Waals surface area (Å²) in [5, 5.41) is 3.09. The predicted octanol–water partition coefficient (Wildman–Crippen LogP) is 3.28. The molecule has 6 nitrogen and oxygen atoms in total. The standard InChI is InChI=1S/C26H33N3O3/c1-20-18-28(14-15-32-20)19-22-9-7-8-21(16-22)17-27-26(31)25(23-10-3-2-4-11-23)29-13-6-5-12-24(29)30/h2-4,7-11,16,20,25H,5-6,12-15,17-19H2,1H3,(H,27,31). The zero-order chi connectivity index (χ0) is 22.3. The Morgan fingerprint density at radius 1 is 1.09 bits per heavy atom. The number of amides is 2. The van der Waals surface area contributed by atoms with Crippen LogP contribution in [0.1, 0.15) is 48.9 Å². The number of hydrogen-bond donors (Lipinski definition) is 1. The second kappa shape index (κ2) is 10.7. The summed E-state index contributed by atoms with van der Waals surface area (Å²) in [6.45, 7) is 6.69. The lowest BCUT2D eigenvalue weighted by Gasteiger charge is -2.34. The third-order valence-corrected chi connectivity index (χ3v) is 6.22. The van der Waals surface area contributed by atoms with Crippen molar-refractivity contribution in [3.05, 3.63) is 71.3 Å². The van der Waals surface area contributed by atoms with Gasteiger partial charge in [-0.2, -0.15) is 0 Å². The fraction of sp³-hybridized carbons (Fsp3) is 0.462. The molecule has 2 aliphatic rings. The topological polar surface area (TPSA) is 61.9 Å². The Morgan fingerprint density at radius 2 is 1.91 bits per heavy atom. The molecule has 0 aliphatic carbocycles. The van der Waals surface area contributed by atoms with Crippen LogP contribution in [-0.2, 0) is 27.4 Å². The van der Waals surface area contributed by atoms with Crippen LogP contribution in [0.15, 0.2) is 54.6 Å². The minimum atomic E-state index is -0.581. The smallest absolute Gasteiger partial charge is 0.247 e. The van der Waals surface area contributed by atoms with E-state index in [1.807, 2.05) is 42.5 Å². The van der Waals surface area contributed by atoms with Gasteiger partial charge in [0.2, 0.25) is 11.8 Å². The molecule has 0 aromatic heterocycles. The first kappa shape index (κ1) is 22.5. The van der Waals surface area contributed by atoms with Gasteiger partial charge in [0.1, 0.15) is 6.04 Å². The molecule has 6 heteroatoms. The monoisotopic (exact) mass is 435 g/mol. The van der Waals surface area contributed by atoms with Gasteiger partial charge in [0, 0.05) is 39.1 Å². The number of piperidine rings is 1. The highest BCUT2D eigenvalue weighted by atomic mass is 16.5. The molecule has 2 unspecified atom stereocenters. The van der Waals surface area contributed by atoms with Crippen LogP contribution < -0.4 is 5.32 Å². The number of nitrogens with zero attached hydrogens (tertiary/aromatic N) is 2. The second-order valence-corrected chi connectivity index (χ2v) is 8.81. The van der Waals surface area contributed by atoms with Gasteiger partial charge in [-0.15, -0.1) is 0 Å². The number of nitrogens with one attached hydrogen (secondary N) is 1. The number of morpholine rings is 1. The molecule has 2 heterocycles. The van der Waals surface area contributed by atoms with Crippen molar-refractivity contribution in [3.8, 4) is 0 Å². The summed E-state index contributed by atoms with van der Waals surface area (Å²) in [4.78, 5) is 30.0. The molecule has 2 aliphatic heterocycles. The van der Waals surface area contributed by atoms with Crippen molar-refractivity contribution in [2.24, 2.45) is 0 Å². The molecule has 2 aromatic carbocycles. The number of benzene rings is 2. The highest BCUT2D eigenvalue weighted by Gasteiger charge is 2.32. The van der Waals surface area contributed by atoms with Gasteiger partial charge < -0.3 is 15.0 Å². The van der Waals surface area contributed by atoms with Crippen molar-refractivity contribution >= 4 is 11.8 Å². The normalized spacial score (nSPS) is 20.7. The molecule has 2 aromatic rings. The molecular weight excluding hydrogens is 402 g/mol. The van der Waals surface area contributed by atoms with Crippen LogP contribution in [0.2, 0.25) is 0 Å². The molecule has 32 heavy (non-hydrogen) atoms. The first-order valence-electron chi connectivity index (χ1n) is 11.6.